The fourth-order valence-corrected chi connectivity index (χ4v) is 4.10. The van der Waals surface area contributed by atoms with Crippen molar-refractivity contribution < 1.29 is 22.4 Å². The number of sulfonamides is 1. The van der Waals surface area contributed by atoms with Gasteiger partial charge in [0, 0.05) is 18.7 Å². The third kappa shape index (κ3) is 4.55. The molecule has 0 heterocycles. The van der Waals surface area contributed by atoms with Gasteiger partial charge in [0.2, 0.25) is 10.0 Å². The smallest absolute Gasteiger partial charge is 0.267 e. The van der Waals surface area contributed by atoms with Gasteiger partial charge in [0.15, 0.2) is 0 Å². The molecular formula is C19H22FN3O4S. The van der Waals surface area contributed by atoms with Gasteiger partial charge in [-0.25, -0.2) is 12.8 Å². The molecule has 0 saturated carbocycles. The molecule has 150 valence electrons. The summed E-state index contributed by atoms with van der Waals surface area (Å²) >= 11 is 0. The maximum atomic E-state index is 13.6. The van der Waals surface area contributed by atoms with E-state index in [1.807, 2.05) is 0 Å². The number of rotatable bonds is 6. The third-order valence-electron chi connectivity index (χ3n) is 4.20. The zero-order chi connectivity index (χ0) is 20.9. The van der Waals surface area contributed by atoms with Crippen LogP contribution in [0.5, 0.6) is 0 Å². The number of halogens is 1. The van der Waals surface area contributed by atoms with Gasteiger partial charge >= 0.3 is 0 Å². The van der Waals surface area contributed by atoms with E-state index in [2.05, 4.69) is 10.9 Å². The molecule has 0 radical (unpaired) electrons. The second-order valence-corrected chi connectivity index (χ2v) is 7.89. The molecule has 2 rings (SSSR count). The number of amides is 2. The summed E-state index contributed by atoms with van der Waals surface area (Å²) in [6.07, 6.45) is 0. The summed E-state index contributed by atoms with van der Waals surface area (Å²) in [6.45, 7) is 5.68. The van der Waals surface area contributed by atoms with Crippen LogP contribution in [-0.2, 0) is 10.0 Å². The first-order valence-corrected chi connectivity index (χ1v) is 10.1. The topological polar surface area (TPSA) is 95.6 Å². The highest BCUT2D eigenvalue weighted by Crippen LogP contribution is 2.19. The molecule has 0 aromatic heterocycles. The van der Waals surface area contributed by atoms with Crippen LogP contribution in [0.2, 0.25) is 0 Å². The van der Waals surface area contributed by atoms with Gasteiger partial charge in [0.1, 0.15) is 5.82 Å². The summed E-state index contributed by atoms with van der Waals surface area (Å²) in [6, 6.07) is 9.54. The number of aryl methyl sites for hydroxylation is 1. The van der Waals surface area contributed by atoms with Crippen molar-refractivity contribution in [2.75, 3.05) is 13.1 Å². The number of hydrogen-bond acceptors (Lipinski definition) is 4. The molecule has 0 aliphatic heterocycles. The monoisotopic (exact) mass is 407 g/mol. The molecule has 0 saturated heterocycles. The maximum Gasteiger partial charge on any atom is 0.272 e. The highest BCUT2D eigenvalue weighted by atomic mass is 32.2. The third-order valence-corrected chi connectivity index (χ3v) is 6.25. The minimum Gasteiger partial charge on any atom is -0.267 e. The van der Waals surface area contributed by atoms with Crippen molar-refractivity contribution in [2.45, 2.75) is 25.7 Å². The van der Waals surface area contributed by atoms with Gasteiger partial charge in [0.05, 0.1) is 10.5 Å². The standard InChI is InChI=1S/C19H22FN3O4S/c1-4-23(5-2)28(26,27)14-11-10-13(3)16(12-14)19(25)22-21-18(24)15-8-6-7-9-17(15)20/h6-12H,4-5H2,1-3H3,(H,21,24)(H,22,25). The summed E-state index contributed by atoms with van der Waals surface area (Å²) in [5.41, 5.74) is 4.70. The Bertz CT molecular complexity index is 988. The summed E-state index contributed by atoms with van der Waals surface area (Å²) in [4.78, 5) is 24.4. The Kier molecular flexibility index (Phi) is 6.87. The van der Waals surface area contributed by atoms with Crippen LogP contribution in [0, 0.1) is 12.7 Å². The number of hydrazine groups is 1. The van der Waals surface area contributed by atoms with Gasteiger partial charge in [0.25, 0.3) is 11.8 Å². The highest BCUT2D eigenvalue weighted by molar-refractivity contribution is 7.89. The van der Waals surface area contributed by atoms with Crippen LogP contribution in [0.3, 0.4) is 0 Å². The lowest BCUT2D eigenvalue weighted by molar-refractivity contribution is 0.0843. The Labute approximate surface area is 163 Å². The average molecular weight is 407 g/mol. The molecule has 0 unspecified atom stereocenters. The van der Waals surface area contributed by atoms with E-state index in [4.69, 9.17) is 0 Å². The van der Waals surface area contributed by atoms with E-state index in [1.54, 1.807) is 20.8 Å². The maximum absolute atomic E-state index is 13.6. The molecule has 0 aliphatic carbocycles. The van der Waals surface area contributed by atoms with E-state index >= 15 is 0 Å². The van der Waals surface area contributed by atoms with Crippen molar-refractivity contribution in [3.63, 3.8) is 0 Å². The fraction of sp³-hybridized carbons (Fsp3) is 0.263. The van der Waals surface area contributed by atoms with Gasteiger partial charge in [-0.15, -0.1) is 0 Å². The number of carbonyl (C=O) groups excluding carboxylic acids is 2. The van der Waals surface area contributed by atoms with E-state index < -0.39 is 27.7 Å². The van der Waals surface area contributed by atoms with Gasteiger partial charge in [-0.2, -0.15) is 4.31 Å². The van der Waals surface area contributed by atoms with E-state index in [9.17, 15) is 22.4 Å². The van der Waals surface area contributed by atoms with Crippen LogP contribution in [0.4, 0.5) is 4.39 Å². The zero-order valence-electron chi connectivity index (χ0n) is 15.8. The molecular weight excluding hydrogens is 385 g/mol. The molecule has 0 fully saturated rings. The Hall–Kier alpha value is -2.78. The summed E-state index contributed by atoms with van der Waals surface area (Å²) < 4.78 is 40.2. The van der Waals surface area contributed by atoms with Crippen molar-refractivity contribution in [1.29, 1.82) is 0 Å². The summed E-state index contributed by atoms with van der Waals surface area (Å²) in [5, 5.41) is 0. The lowest BCUT2D eigenvalue weighted by Crippen LogP contribution is -2.42. The zero-order valence-corrected chi connectivity index (χ0v) is 16.6. The normalized spacial score (nSPS) is 11.3. The molecule has 2 aromatic carbocycles. The Balaban J connectivity index is 2.22. The Morgan fingerprint density at radius 1 is 0.964 bits per heavy atom. The number of nitrogens with zero attached hydrogens (tertiary/aromatic N) is 1. The summed E-state index contributed by atoms with van der Waals surface area (Å²) in [5.74, 6) is -2.26. The number of carbonyl (C=O) groups is 2. The predicted octanol–water partition coefficient (Wildman–Crippen LogP) is 2.24. The molecule has 2 aromatic rings. The fourth-order valence-electron chi connectivity index (χ4n) is 2.61. The highest BCUT2D eigenvalue weighted by Gasteiger charge is 2.23. The first-order valence-electron chi connectivity index (χ1n) is 8.68. The van der Waals surface area contributed by atoms with Crippen molar-refractivity contribution in [3.8, 4) is 0 Å². The SMILES string of the molecule is CCN(CC)S(=O)(=O)c1ccc(C)c(C(=O)NNC(=O)c2ccccc2F)c1. The second-order valence-electron chi connectivity index (χ2n) is 5.95. The van der Waals surface area contributed by atoms with Crippen molar-refractivity contribution in [3.05, 3.63) is 65.0 Å². The minimum atomic E-state index is -3.74. The van der Waals surface area contributed by atoms with Crippen LogP contribution in [-0.4, -0.2) is 37.6 Å². The largest absolute Gasteiger partial charge is 0.272 e. The molecule has 28 heavy (non-hydrogen) atoms. The molecule has 0 aliphatic rings. The van der Waals surface area contributed by atoms with E-state index in [0.29, 0.717) is 18.7 Å². The van der Waals surface area contributed by atoms with Crippen LogP contribution in [0.25, 0.3) is 0 Å². The Morgan fingerprint density at radius 3 is 2.11 bits per heavy atom. The molecule has 9 heteroatoms. The van der Waals surface area contributed by atoms with Crippen molar-refractivity contribution in [1.82, 2.24) is 15.2 Å². The van der Waals surface area contributed by atoms with Crippen LogP contribution in [0.1, 0.15) is 40.1 Å². The first kappa shape index (κ1) is 21.5. The molecule has 0 spiro atoms. The van der Waals surface area contributed by atoms with Crippen molar-refractivity contribution >= 4 is 21.8 Å². The quantitative estimate of drug-likeness (QED) is 0.718. The number of benzene rings is 2. The van der Waals surface area contributed by atoms with Crippen LogP contribution < -0.4 is 10.9 Å². The van der Waals surface area contributed by atoms with Gasteiger partial charge in [-0.3, -0.25) is 20.4 Å². The molecule has 2 amide bonds. The number of hydrogen-bond donors (Lipinski definition) is 2. The number of nitrogens with one attached hydrogen (secondary N) is 2. The average Bonchev–Trinajstić information content (AvgIpc) is 2.67. The Morgan fingerprint density at radius 2 is 1.54 bits per heavy atom. The lowest BCUT2D eigenvalue weighted by atomic mass is 10.1. The van der Waals surface area contributed by atoms with E-state index in [-0.39, 0.29) is 16.0 Å². The van der Waals surface area contributed by atoms with Crippen molar-refractivity contribution in [2.24, 2.45) is 0 Å². The predicted molar refractivity (Wildman–Crippen MR) is 103 cm³/mol. The van der Waals surface area contributed by atoms with E-state index in [0.717, 1.165) is 6.07 Å². The van der Waals surface area contributed by atoms with Gasteiger partial charge in [-0.1, -0.05) is 32.0 Å². The van der Waals surface area contributed by atoms with Crippen LogP contribution in [0.15, 0.2) is 47.4 Å². The minimum absolute atomic E-state index is 0.0209. The van der Waals surface area contributed by atoms with Gasteiger partial charge < -0.3 is 0 Å². The second kappa shape index (κ2) is 8.94. The van der Waals surface area contributed by atoms with Crippen LogP contribution >= 0.6 is 0 Å². The lowest BCUT2D eigenvalue weighted by Gasteiger charge is -2.19. The van der Waals surface area contributed by atoms with E-state index in [1.165, 1.54) is 40.7 Å². The molecule has 7 nitrogen and oxygen atoms in total. The first-order chi connectivity index (χ1) is 13.2. The summed E-state index contributed by atoms with van der Waals surface area (Å²) in [7, 11) is -3.74. The molecule has 2 N–H and O–H groups in total. The van der Waals surface area contributed by atoms with Gasteiger partial charge in [-0.05, 0) is 36.8 Å². The molecule has 0 atom stereocenters. The molecule has 0 bridgehead atoms.